The second kappa shape index (κ2) is 5.18. The Morgan fingerprint density at radius 1 is 1.25 bits per heavy atom. The first kappa shape index (κ1) is 10.5. The van der Waals surface area contributed by atoms with Gasteiger partial charge in [-0.15, -0.1) is 0 Å². The lowest BCUT2D eigenvalue weighted by Gasteiger charge is -1.97. The van der Waals surface area contributed by atoms with E-state index in [1.807, 2.05) is 18.2 Å². The van der Waals surface area contributed by atoms with Gasteiger partial charge in [0.05, 0.1) is 11.9 Å². The molecule has 0 atom stereocenters. The van der Waals surface area contributed by atoms with Crippen LogP contribution in [0.4, 0.5) is 5.82 Å². The number of hydrogen-bond donors (Lipinski definition) is 1. The van der Waals surface area contributed by atoms with Crippen molar-refractivity contribution >= 4 is 23.6 Å². The maximum Gasteiger partial charge on any atom is 0.151 e. The van der Waals surface area contributed by atoms with Crippen LogP contribution in [0.5, 0.6) is 0 Å². The summed E-state index contributed by atoms with van der Waals surface area (Å²) < 4.78 is 0. The molecule has 2 aromatic rings. The van der Waals surface area contributed by atoms with Gasteiger partial charge in [0, 0.05) is 12.3 Å². The lowest BCUT2D eigenvalue weighted by molar-refractivity contribution is 1.14. The summed E-state index contributed by atoms with van der Waals surface area (Å²) >= 11 is 5.69. The molecule has 0 saturated carbocycles. The van der Waals surface area contributed by atoms with Gasteiger partial charge in [0.1, 0.15) is 11.5 Å². The molecule has 16 heavy (non-hydrogen) atoms. The Hall–Kier alpha value is -2.01. The molecular formula is C10H8ClN5. The van der Waals surface area contributed by atoms with E-state index in [1.165, 1.54) is 6.33 Å². The highest BCUT2D eigenvalue weighted by molar-refractivity contribution is 6.29. The number of hydrazone groups is 1. The molecule has 0 fully saturated rings. The zero-order valence-electron chi connectivity index (χ0n) is 8.21. The van der Waals surface area contributed by atoms with Gasteiger partial charge < -0.3 is 0 Å². The molecule has 2 rings (SSSR count). The third-order valence-electron chi connectivity index (χ3n) is 1.70. The summed E-state index contributed by atoms with van der Waals surface area (Å²) in [5.41, 5.74) is 3.49. The molecule has 0 unspecified atom stereocenters. The summed E-state index contributed by atoms with van der Waals surface area (Å²) in [5, 5.41) is 4.33. The minimum Gasteiger partial charge on any atom is -0.261 e. The molecule has 0 amide bonds. The number of halogens is 1. The molecule has 80 valence electrons. The zero-order valence-corrected chi connectivity index (χ0v) is 8.96. The molecule has 0 radical (unpaired) electrons. The average Bonchev–Trinajstić information content (AvgIpc) is 2.30. The Bertz CT molecular complexity index is 486. The third kappa shape index (κ3) is 2.99. The Balaban J connectivity index is 2.00. The van der Waals surface area contributed by atoms with E-state index in [2.05, 4.69) is 25.5 Å². The minimum absolute atomic E-state index is 0.366. The van der Waals surface area contributed by atoms with Crippen LogP contribution in [-0.4, -0.2) is 21.2 Å². The van der Waals surface area contributed by atoms with Crippen molar-refractivity contribution in [1.29, 1.82) is 0 Å². The van der Waals surface area contributed by atoms with Crippen molar-refractivity contribution < 1.29 is 0 Å². The summed E-state index contributed by atoms with van der Waals surface area (Å²) in [6.07, 6.45) is 4.65. The Kier molecular flexibility index (Phi) is 3.40. The number of nitrogens with one attached hydrogen (secondary N) is 1. The van der Waals surface area contributed by atoms with Gasteiger partial charge in [-0.3, -0.25) is 10.4 Å². The topological polar surface area (TPSA) is 63.1 Å². The van der Waals surface area contributed by atoms with E-state index in [1.54, 1.807) is 18.5 Å². The van der Waals surface area contributed by atoms with Crippen LogP contribution < -0.4 is 5.43 Å². The number of anilines is 1. The van der Waals surface area contributed by atoms with E-state index in [4.69, 9.17) is 11.6 Å². The van der Waals surface area contributed by atoms with E-state index >= 15 is 0 Å². The summed E-state index contributed by atoms with van der Waals surface area (Å²) in [5.74, 6) is 0.534. The van der Waals surface area contributed by atoms with Gasteiger partial charge in [-0.1, -0.05) is 17.7 Å². The van der Waals surface area contributed by atoms with Gasteiger partial charge in [-0.25, -0.2) is 9.97 Å². The van der Waals surface area contributed by atoms with E-state index in [9.17, 15) is 0 Å². The van der Waals surface area contributed by atoms with Gasteiger partial charge in [-0.2, -0.15) is 5.10 Å². The van der Waals surface area contributed by atoms with E-state index < -0.39 is 0 Å². The van der Waals surface area contributed by atoms with Crippen LogP contribution in [0, 0.1) is 0 Å². The van der Waals surface area contributed by atoms with Crippen molar-refractivity contribution in [3.8, 4) is 0 Å². The van der Waals surface area contributed by atoms with Gasteiger partial charge >= 0.3 is 0 Å². The molecule has 0 spiro atoms. The van der Waals surface area contributed by atoms with Crippen LogP contribution in [0.25, 0.3) is 0 Å². The summed E-state index contributed by atoms with van der Waals surface area (Å²) in [6, 6.07) is 7.15. The zero-order chi connectivity index (χ0) is 11.2. The largest absolute Gasteiger partial charge is 0.261 e. The SMILES string of the molecule is Clc1cc(N/N=C/c2ccccn2)ncn1. The first-order chi connectivity index (χ1) is 7.84. The number of nitrogens with zero attached hydrogens (tertiary/aromatic N) is 4. The molecular weight excluding hydrogens is 226 g/mol. The quantitative estimate of drug-likeness (QED) is 0.500. The maximum absolute atomic E-state index is 5.69. The minimum atomic E-state index is 0.366. The first-order valence-corrected chi connectivity index (χ1v) is 4.90. The predicted molar refractivity (Wildman–Crippen MR) is 62.5 cm³/mol. The Morgan fingerprint density at radius 2 is 2.19 bits per heavy atom. The fourth-order valence-electron chi connectivity index (χ4n) is 1.01. The van der Waals surface area contributed by atoms with Crippen LogP contribution in [-0.2, 0) is 0 Å². The second-order valence-corrected chi connectivity index (χ2v) is 3.24. The van der Waals surface area contributed by atoms with Crippen LogP contribution in [0.2, 0.25) is 5.15 Å². The van der Waals surface area contributed by atoms with Crippen LogP contribution in [0.1, 0.15) is 5.69 Å². The van der Waals surface area contributed by atoms with Gasteiger partial charge in [-0.05, 0) is 12.1 Å². The molecule has 2 heterocycles. The van der Waals surface area contributed by atoms with E-state index in [0.29, 0.717) is 11.0 Å². The number of rotatable bonds is 3. The number of hydrogen-bond acceptors (Lipinski definition) is 5. The van der Waals surface area contributed by atoms with Crippen LogP contribution in [0.15, 0.2) is 41.9 Å². The number of aromatic nitrogens is 3. The molecule has 0 bridgehead atoms. The second-order valence-electron chi connectivity index (χ2n) is 2.85. The van der Waals surface area contributed by atoms with Crippen molar-refractivity contribution in [2.45, 2.75) is 0 Å². The van der Waals surface area contributed by atoms with Crippen LogP contribution >= 0.6 is 11.6 Å². The third-order valence-corrected chi connectivity index (χ3v) is 1.90. The molecule has 0 aliphatic rings. The highest BCUT2D eigenvalue weighted by atomic mass is 35.5. The molecule has 0 saturated heterocycles. The fraction of sp³-hybridized carbons (Fsp3) is 0. The maximum atomic E-state index is 5.69. The van der Waals surface area contributed by atoms with E-state index in [0.717, 1.165) is 5.69 Å². The van der Waals surface area contributed by atoms with Gasteiger partial charge in [0.2, 0.25) is 0 Å². The fourth-order valence-corrected chi connectivity index (χ4v) is 1.16. The summed E-state index contributed by atoms with van der Waals surface area (Å²) in [6.45, 7) is 0. The molecule has 0 aliphatic carbocycles. The van der Waals surface area contributed by atoms with E-state index in [-0.39, 0.29) is 0 Å². The standard InChI is InChI=1S/C10H8ClN5/c11-9-5-10(14-7-13-9)16-15-6-8-3-1-2-4-12-8/h1-7H,(H,13,14,16)/b15-6+. The highest BCUT2D eigenvalue weighted by Gasteiger charge is 1.93. The van der Waals surface area contributed by atoms with Gasteiger partial charge in [0.15, 0.2) is 5.82 Å². The molecule has 2 aromatic heterocycles. The highest BCUT2D eigenvalue weighted by Crippen LogP contribution is 2.07. The Labute approximate surface area is 97.2 Å². The first-order valence-electron chi connectivity index (χ1n) is 4.52. The summed E-state index contributed by atoms with van der Waals surface area (Å²) in [7, 11) is 0. The van der Waals surface area contributed by atoms with Crippen molar-refractivity contribution in [3.63, 3.8) is 0 Å². The molecule has 0 aromatic carbocycles. The van der Waals surface area contributed by atoms with Crippen molar-refractivity contribution in [1.82, 2.24) is 15.0 Å². The molecule has 5 nitrogen and oxygen atoms in total. The van der Waals surface area contributed by atoms with Crippen molar-refractivity contribution in [2.75, 3.05) is 5.43 Å². The smallest absolute Gasteiger partial charge is 0.151 e. The molecule has 6 heteroatoms. The van der Waals surface area contributed by atoms with Gasteiger partial charge in [0.25, 0.3) is 0 Å². The molecule has 0 aliphatic heterocycles. The predicted octanol–water partition coefficient (Wildman–Crippen LogP) is 1.97. The monoisotopic (exact) mass is 233 g/mol. The lowest BCUT2D eigenvalue weighted by Crippen LogP contribution is -1.94. The Morgan fingerprint density at radius 3 is 2.94 bits per heavy atom. The van der Waals surface area contributed by atoms with Crippen molar-refractivity contribution in [2.24, 2.45) is 5.10 Å². The number of pyridine rings is 1. The molecule has 1 N–H and O–H groups in total. The van der Waals surface area contributed by atoms with Crippen LogP contribution in [0.3, 0.4) is 0 Å². The average molecular weight is 234 g/mol. The van der Waals surface area contributed by atoms with Crippen molar-refractivity contribution in [3.05, 3.63) is 47.6 Å². The summed E-state index contributed by atoms with van der Waals surface area (Å²) in [4.78, 5) is 11.8. The normalized spacial score (nSPS) is 10.6. The lowest BCUT2D eigenvalue weighted by atomic mass is 10.4.